The highest BCUT2D eigenvalue weighted by Gasteiger charge is 2.31. The Bertz CT molecular complexity index is 411. The van der Waals surface area contributed by atoms with Crippen LogP contribution in [0.25, 0.3) is 0 Å². The molecule has 1 aliphatic heterocycles. The van der Waals surface area contributed by atoms with Gasteiger partial charge in [0.05, 0.1) is 5.92 Å². The van der Waals surface area contributed by atoms with Crippen LogP contribution < -0.4 is 4.72 Å². The summed E-state index contributed by atoms with van der Waals surface area (Å²) in [6, 6.07) is 0. The molecule has 7 heteroatoms. The fourth-order valence-electron chi connectivity index (χ4n) is 2.56. The van der Waals surface area contributed by atoms with Crippen molar-refractivity contribution in [1.29, 1.82) is 0 Å². The zero-order valence-corrected chi connectivity index (χ0v) is 13.7. The molecule has 1 unspecified atom stereocenters. The minimum Gasteiger partial charge on any atom is -0.481 e. The molecule has 21 heavy (non-hydrogen) atoms. The maximum atomic E-state index is 12.1. The molecule has 1 aliphatic rings. The van der Waals surface area contributed by atoms with Gasteiger partial charge in [0.15, 0.2) is 0 Å². The van der Waals surface area contributed by atoms with Gasteiger partial charge in [0.1, 0.15) is 0 Å². The molecule has 1 fully saturated rings. The molecule has 6 nitrogen and oxygen atoms in total. The number of aliphatic carboxylic acids is 1. The van der Waals surface area contributed by atoms with E-state index in [9.17, 15) is 13.2 Å². The van der Waals surface area contributed by atoms with Crippen molar-refractivity contribution in [1.82, 2.24) is 9.03 Å². The highest BCUT2D eigenvalue weighted by Crippen LogP contribution is 2.18. The predicted molar refractivity (Wildman–Crippen MR) is 82.2 cm³/mol. The van der Waals surface area contributed by atoms with Crippen molar-refractivity contribution in [3.8, 4) is 0 Å². The number of piperidine rings is 1. The number of hydrogen-bond acceptors (Lipinski definition) is 3. The Labute approximate surface area is 128 Å². The van der Waals surface area contributed by atoms with E-state index in [4.69, 9.17) is 5.11 Å². The monoisotopic (exact) mass is 320 g/mol. The van der Waals surface area contributed by atoms with Crippen LogP contribution in [0.4, 0.5) is 0 Å². The first-order valence-corrected chi connectivity index (χ1v) is 9.39. The van der Waals surface area contributed by atoms with Crippen molar-refractivity contribution < 1.29 is 18.3 Å². The van der Waals surface area contributed by atoms with E-state index in [1.165, 1.54) is 23.6 Å². The number of hydrogen-bond donors (Lipinski definition) is 2. The van der Waals surface area contributed by atoms with E-state index < -0.39 is 22.1 Å². The molecule has 0 saturated carbocycles. The second-order valence-electron chi connectivity index (χ2n) is 5.70. The number of unbranched alkanes of at least 4 members (excludes halogenated alkanes) is 5. The summed E-state index contributed by atoms with van der Waals surface area (Å²) in [4.78, 5) is 11.0. The van der Waals surface area contributed by atoms with Gasteiger partial charge in [-0.1, -0.05) is 39.0 Å². The quantitative estimate of drug-likeness (QED) is 0.603. The van der Waals surface area contributed by atoms with Crippen LogP contribution in [0.3, 0.4) is 0 Å². The van der Waals surface area contributed by atoms with Gasteiger partial charge in [-0.15, -0.1) is 0 Å². The smallest absolute Gasteiger partial charge is 0.307 e. The topological polar surface area (TPSA) is 86.7 Å². The van der Waals surface area contributed by atoms with Crippen molar-refractivity contribution in [3.05, 3.63) is 0 Å². The second-order valence-corrected chi connectivity index (χ2v) is 7.46. The first-order chi connectivity index (χ1) is 9.97. The molecule has 1 rings (SSSR count). The van der Waals surface area contributed by atoms with E-state index in [1.807, 2.05) is 0 Å². The molecule has 0 amide bonds. The van der Waals surface area contributed by atoms with Gasteiger partial charge in [-0.05, 0) is 19.3 Å². The number of carboxylic acid groups (broad SMARTS) is 1. The molecule has 0 aliphatic carbocycles. The summed E-state index contributed by atoms with van der Waals surface area (Å²) in [5.74, 6) is -1.49. The van der Waals surface area contributed by atoms with Gasteiger partial charge in [0.2, 0.25) is 0 Å². The molecule has 0 bridgehead atoms. The Balaban J connectivity index is 2.27. The van der Waals surface area contributed by atoms with Crippen LogP contribution in [0, 0.1) is 5.92 Å². The van der Waals surface area contributed by atoms with Crippen molar-refractivity contribution in [3.63, 3.8) is 0 Å². The summed E-state index contributed by atoms with van der Waals surface area (Å²) in [6.45, 7) is 3.09. The van der Waals surface area contributed by atoms with Crippen LogP contribution in [0.1, 0.15) is 58.3 Å². The molecule has 0 aromatic rings. The third-order valence-electron chi connectivity index (χ3n) is 3.89. The van der Waals surface area contributed by atoms with E-state index in [-0.39, 0.29) is 6.54 Å². The third-order valence-corrected chi connectivity index (χ3v) is 5.47. The second kappa shape index (κ2) is 9.38. The largest absolute Gasteiger partial charge is 0.481 e. The standard InChI is InChI=1S/C14H28N2O4S/c1-2-3-4-5-6-7-10-15-21(19,20)16-11-8-9-13(12-16)14(17)18/h13,15H,2-12H2,1H3,(H,17,18). The molecule has 0 aromatic carbocycles. The first kappa shape index (κ1) is 18.4. The average Bonchev–Trinajstić information content (AvgIpc) is 2.46. The van der Waals surface area contributed by atoms with Crippen LogP contribution in [-0.2, 0) is 15.0 Å². The predicted octanol–water partition coefficient (Wildman–Crippen LogP) is 1.98. The molecule has 1 saturated heterocycles. The number of carboxylic acids is 1. The summed E-state index contributed by atoms with van der Waals surface area (Å²) in [7, 11) is -3.53. The molecular formula is C14H28N2O4S. The number of carbonyl (C=O) groups is 1. The highest BCUT2D eigenvalue weighted by molar-refractivity contribution is 7.87. The van der Waals surface area contributed by atoms with Gasteiger partial charge in [-0.25, -0.2) is 4.72 Å². The van der Waals surface area contributed by atoms with Crippen molar-refractivity contribution in [2.75, 3.05) is 19.6 Å². The van der Waals surface area contributed by atoms with Crippen LogP contribution in [0.2, 0.25) is 0 Å². The molecule has 1 atom stereocenters. The zero-order valence-electron chi connectivity index (χ0n) is 12.9. The van der Waals surface area contributed by atoms with E-state index >= 15 is 0 Å². The Hall–Kier alpha value is -0.660. The van der Waals surface area contributed by atoms with E-state index in [2.05, 4.69) is 11.6 Å². The van der Waals surface area contributed by atoms with Crippen LogP contribution in [0.15, 0.2) is 0 Å². The molecule has 0 radical (unpaired) electrons. The Morgan fingerprint density at radius 2 is 1.90 bits per heavy atom. The lowest BCUT2D eigenvalue weighted by atomic mass is 10.0. The number of rotatable bonds is 10. The zero-order chi connectivity index (χ0) is 15.7. The van der Waals surface area contributed by atoms with Gasteiger partial charge >= 0.3 is 5.97 Å². The molecule has 0 aromatic heterocycles. The fourth-order valence-corrected chi connectivity index (χ4v) is 3.89. The van der Waals surface area contributed by atoms with Gasteiger partial charge in [0, 0.05) is 19.6 Å². The third kappa shape index (κ3) is 6.76. The fraction of sp³-hybridized carbons (Fsp3) is 0.929. The van der Waals surface area contributed by atoms with E-state index in [1.54, 1.807) is 0 Å². The van der Waals surface area contributed by atoms with Crippen molar-refractivity contribution in [2.45, 2.75) is 58.3 Å². The summed E-state index contributed by atoms with van der Waals surface area (Å²) in [5, 5.41) is 9.00. The van der Waals surface area contributed by atoms with Crippen molar-refractivity contribution in [2.24, 2.45) is 5.92 Å². The molecule has 0 spiro atoms. The van der Waals surface area contributed by atoms with Crippen molar-refractivity contribution >= 4 is 16.2 Å². The van der Waals surface area contributed by atoms with Crippen LogP contribution in [0.5, 0.6) is 0 Å². The lowest BCUT2D eigenvalue weighted by Crippen LogP contribution is -2.47. The molecule has 2 N–H and O–H groups in total. The van der Waals surface area contributed by atoms with Crippen LogP contribution >= 0.6 is 0 Å². The number of nitrogens with one attached hydrogen (secondary N) is 1. The maximum Gasteiger partial charge on any atom is 0.307 e. The average molecular weight is 320 g/mol. The van der Waals surface area contributed by atoms with Crippen LogP contribution in [-0.4, -0.2) is 43.4 Å². The maximum absolute atomic E-state index is 12.1. The summed E-state index contributed by atoms with van der Waals surface area (Å²) in [5.41, 5.74) is 0. The van der Waals surface area contributed by atoms with Gasteiger partial charge in [0.25, 0.3) is 10.2 Å². The Kier molecular flexibility index (Phi) is 8.21. The van der Waals surface area contributed by atoms with E-state index in [0.29, 0.717) is 25.9 Å². The lowest BCUT2D eigenvalue weighted by Gasteiger charge is -2.29. The summed E-state index contributed by atoms with van der Waals surface area (Å²) >= 11 is 0. The minimum atomic E-state index is -3.53. The Morgan fingerprint density at radius 1 is 1.24 bits per heavy atom. The minimum absolute atomic E-state index is 0.0845. The lowest BCUT2D eigenvalue weighted by molar-refractivity contribution is -0.142. The first-order valence-electron chi connectivity index (χ1n) is 7.95. The summed E-state index contributed by atoms with van der Waals surface area (Å²) < 4.78 is 28.1. The molecular weight excluding hydrogens is 292 g/mol. The van der Waals surface area contributed by atoms with Gasteiger partial charge in [-0.2, -0.15) is 12.7 Å². The molecule has 1 heterocycles. The van der Waals surface area contributed by atoms with Gasteiger partial charge in [-0.3, -0.25) is 4.79 Å². The number of nitrogens with zero attached hydrogens (tertiary/aromatic N) is 1. The van der Waals surface area contributed by atoms with E-state index in [0.717, 1.165) is 19.3 Å². The normalized spacial score (nSPS) is 20.5. The highest BCUT2D eigenvalue weighted by atomic mass is 32.2. The van der Waals surface area contributed by atoms with Gasteiger partial charge < -0.3 is 5.11 Å². The SMILES string of the molecule is CCCCCCCCNS(=O)(=O)N1CCCC(C(=O)O)C1. The summed E-state index contributed by atoms with van der Waals surface area (Å²) in [6.07, 6.45) is 7.80. The Morgan fingerprint density at radius 3 is 2.57 bits per heavy atom. The molecule has 124 valence electrons.